The van der Waals surface area contributed by atoms with Crippen LogP contribution in [0.4, 0.5) is 18.9 Å². The van der Waals surface area contributed by atoms with Crippen LogP contribution in [0.2, 0.25) is 0 Å². The molecule has 1 radical (unpaired) electrons. The lowest BCUT2D eigenvalue weighted by Gasteiger charge is -2.33. The van der Waals surface area contributed by atoms with Gasteiger partial charge >= 0.3 is 6.36 Å². The third-order valence-electron chi connectivity index (χ3n) is 5.53. The molecule has 0 spiro atoms. The van der Waals surface area contributed by atoms with Crippen molar-refractivity contribution in [2.45, 2.75) is 25.8 Å². The van der Waals surface area contributed by atoms with E-state index in [0.29, 0.717) is 49.4 Å². The summed E-state index contributed by atoms with van der Waals surface area (Å²) < 4.78 is 52.4. The van der Waals surface area contributed by atoms with E-state index in [1.807, 2.05) is 35.2 Å². The Kier molecular flexibility index (Phi) is 7.42. The topological polar surface area (TPSA) is 63.7 Å². The number of alkyl halides is 3. The second kappa shape index (κ2) is 10.6. The van der Waals surface area contributed by atoms with Crippen LogP contribution in [-0.4, -0.2) is 31.0 Å². The average Bonchev–Trinajstić information content (AvgIpc) is 2.81. The van der Waals surface area contributed by atoms with Gasteiger partial charge in [-0.15, -0.1) is 13.2 Å². The van der Waals surface area contributed by atoms with Crippen molar-refractivity contribution < 1.29 is 32.5 Å². The molecule has 34 heavy (non-hydrogen) atoms. The first-order valence-electron chi connectivity index (χ1n) is 10.9. The molecule has 0 unspecified atom stereocenters. The third kappa shape index (κ3) is 6.54. The van der Waals surface area contributed by atoms with Crippen LogP contribution in [0.3, 0.4) is 0 Å². The number of hydrogen-bond acceptors (Lipinski definition) is 5. The molecular weight excluding hydrogens is 449 g/mol. The van der Waals surface area contributed by atoms with Gasteiger partial charge in [0, 0.05) is 32.0 Å². The van der Waals surface area contributed by atoms with Gasteiger partial charge in [0.05, 0.1) is 6.61 Å². The van der Waals surface area contributed by atoms with Gasteiger partial charge in [-0.2, -0.15) is 0 Å². The maximum atomic E-state index is 12.5. The zero-order chi connectivity index (χ0) is 24.0. The van der Waals surface area contributed by atoms with Crippen molar-refractivity contribution in [3.63, 3.8) is 0 Å². The summed E-state index contributed by atoms with van der Waals surface area (Å²) in [7, 11) is 0. The first-order valence-corrected chi connectivity index (χ1v) is 10.9. The molecule has 179 valence electrons. The molecule has 6 nitrogen and oxygen atoms in total. The predicted molar refractivity (Wildman–Crippen MR) is 119 cm³/mol. The lowest BCUT2D eigenvalue weighted by atomic mass is 9.97. The molecule has 0 saturated carbocycles. The van der Waals surface area contributed by atoms with Crippen LogP contribution in [0, 0.1) is 5.92 Å². The number of para-hydroxylation sites is 1. The van der Waals surface area contributed by atoms with Crippen molar-refractivity contribution in [2.24, 2.45) is 5.92 Å². The third-order valence-corrected chi connectivity index (χ3v) is 5.53. The van der Waals surface area contributed by atoms with E-state index < -0.39 is 6.36 Å². The molecule has 4 rings (SSSR count). The summed E-state index contributed by atoms with van der Waals surface area (Å²) in [5, 5.41) is 12.5. The zero-order valence-electron chi connectivity index (χ0n) is 18.3. The zero-order valence-corrected chi connectivity index (χ0v) is 18.3. The first-order chi connectivity index (χ1) is 16.4. The maximum Gasteiger partial charge on any atom is 0.573 e. The van der Waals surface area contributed by atoms with Gasteiger partial charge in [0.15, 0.2) is 5.75 Å². The van der Waals surface area contributed by atoms with Crippen molar-refractivity contribution in [3.05, 3.63) is 72.4 Å². The number of halogens is 3. The lowest BCUT2D eigenvalue weighted by Crippen LogP contribution is -2.35. The Hall–Kier alpha value is -3.46. The van der Waals surface area contributed by atoms with E-state index in [-0.39, 0.29) is 11.6 Å². The molecule has 2 heterocycles. The van der Waals surface area contributed by atoms with Gasteiger partial charge in [0.1, 0.15) is 17.2 Å². The smallest absolute Gasteiger partial charge is 0.455 e. The van der Waals surface area contributed by atoms with E-state index >= 15 is 0 Å². The highest BCUT2D eigenvalue weighted by molar-refractivity contribution is 5.65. The number of rotatable bonds is 8. The summed E-state index contributed by atoms with van der Waals surface area (Å²) in [5.41, 5.74) is 1.23. The second-order valence-electron chi connectivity index (χ2n) is 8.02. The second-order valence-corrected chi connectivity index (χ2v) is 8.02. The Balaban J connectivity index is 1.27. The van der Waals surface area contributed by atoms with E-state index in [4.69, 9.17) is 9.47 Å². The van der Waals surface area contributed by atoms with E-state index in [1.54, 1.807) is 18.2 Å². The van der Waals surface area contributed by atoms with E-state index in [1.165, 1.54) is 18.3 Å². The molecule has 3 aromatic rings. The number of benzene rings is 2. The van der Waals surface area contributed by atoms with Crippen molar-refractivity contribution >= 4 is 5.69 Å². The number of nitrogens with zero attached hydrogens (tertiary/aromatic N) is 2. The Morgan fingerprint density at radius 1 is 0.941 bits per heavy atom. The van der Waals surface area contributed by atoms with Crippen LogP contribution in [0.25, 0.3) is 0 Å². The molecule has 9 heteroatoms. The highest BCUT2D eigenvalue weighted by Gasteiger charge is 2.31. The standard InChI is InChI=1S/C25H24F3N2O4/c26-25(27,28)34-21-8-6-18(7-9-21)16-32-17-19-11-14-30(15-12-19)23-22(10-13-29-24(23)31)33-20-4-2-1-3-5-20/h1-10,13,19H,11-12,14-17H2. The normalized spacial score (nSPS) is 14.7. The SMILES string of the molecule is [O]c1nccc(Oc2ccccc2)c1N1CCC(COCc2ccc(OC(F)(F)F)cc2)CC1. The Morgan fingerprint density at radius 2 is 1.65 bits per heavy atom. The Bertz CT molecular complexity index is 1050. The van der Waals surface area contributed by atoms with Crippen LogP contribution in [0.5, 0.6) is 23.1 Å². The summed E-state index contributed by atoms with van der Waals surface area (Å²) in [5.74, 6) is 0.872. The highest BCUT2D eigenvalue weighted by atomic mass is 19.4. The number of piperidine rings is 1. The van der Waals surface area contributed by atoms with E-state index in [0.717, 1.165) is 18.4 Å². The lowest BCUT2D eigenvalue weighted by molar-refractivity contribution is -0.274. The van der Waals surface area contributed by atoms with Gasteiger partial charge in [-0.05, 0) is 48.6 Å². The molecule has 1 aliphatic heterocycles. The molecule has 0 N–H and O–H groups in total. The summed E-state index contributed by atoms with van der Waals surface area (Å²) in [6.45, 7) is 2.17. The van der Waals surface area contributed by atoms with Gasteiger partial charge in [-0.3, -0.25) is 5.11 Å². The molecule has 1 aromatic heterocycles. The predicted octanol–water partition coefficient (Wildman–Crippen LogP) is 6.35. The molecular formula is C25H24F3N2O4. The van der Waals surface area contributed by atoms with Gasteiger partial charge in [0.25, 0.3) is 5.88 Å². The number of pyridine rings is 1. The largest absolute Gasteiger partial charge is 0.573 e. The van der Waals surface area contributed by atoms with Crippen LogP contribution in [-0.2, 0) is 16.5 Å². The summed E-state index contributed by atoms with van der Waals surface area (Å²) in [6, 6.07) is 16.6. The van der Waals surface area contributed by atoms with Gasteiger partial charge in [-0.25, -0.2) is 4.98 Å². The average molecular weight is 473 g/mol. The molecule has 0 aliphatic carbocycles. The first kappa shape index (κ1) is 23.7. The van der Waals surface area contributed by atoms with Crippen LogP contribution >= 0.6 is 0 Å². The summed E-state index contributed by atoms with van der Waals surface area (Å²) in [6.07, 6.45) is -1.59. The molecule has 0 atom stereocenters. The molecule has 0 bridgehead atoms. The van der Waals surface area contributed by atoms with Crippen molar-refractivity contribution in [2.75, 3.05) is 24.6 Å². The fourth-order valence-corrected chi connectivity index (χ4v) is 3.86. The molecule has 1 aliphatic rings. The fraction of sp³-hybridized carbons (Fsp3) is 0.320. The summed E-state index contributed by atoms with van der Waals surface area (Å²) >= 11 is 0. The number of anilines is 1. The van der Waals surface area contributed by atoms with Gasteiger partial charge in [0.2, 0.25) is 0 Å². The minimum Gasteiger partial charge on any atom is -0.455 e. The Labute approximate surface area is 195 Å². The number of hydrogen-bond donors (Lipinski definition) is 0. The van der Waals surface area contributed by atoms with Crippen molar-refractivity contribution in [1.82, 2.24) is 4.98 Å². The molecule has 1 fully saturated rings. The number of aromatic nitrogens is 1. The van der Waals surface area contributed by atoms with Crippen LogP contribution < -0.4 is 14.4 Å². The van der Waals surface area contributed by atoms with E-state index in [9.17, 15) is 18.3 Å². The maximum absolute atomic E-state index is 12.5. The fourth-order valence-electron chi connectivity index (χ4n) is 3.86. The Morgan fingerprint density at radius 3 is 2.32 bits per heavy atom. The number of ether oxygens (including phenoxy) is 3. The van der Waals surface area contributed by atoms with Gasteiger partial charge < -0.3 is 19.1 Å². The molecule has 1 saturated heterocycles. The quantitative estimate of drug-likeness (QED) is 0.382. The minimum absolute atomic E-state index is 0.257. The molecule has 0 amide bonds. The van der Waals surface area contributed by atoms with Crippen molar-refractivity contribution in [1.29, 1.82) is 0 Å². The monoisotopic (exact) mass is 473 g/mol. The minimum atomic E-state index is -4.70. The van der Waals surface area contributed by atoms with Crippen LogP contribution in [0.1, 0.15) is 18.4 Å². The van der Waals surface area contributed by atoms with Gasteiger partial charge in [-0.1, -0.05) is 30.3 Å². The molecule has 2 aromatic carbocycles. The van der Waals surface area contributed by atoms with Crippen molar-refractivity contribution in [3.8, 4) is 23.1 Å². The van der Waals surface area contributed by atoms with E-state index in [2.05, 4.69) is 9.72 Å². The highest BCUT2D eigenvalue weighted by Crippen LogP contribution is 2.40. The summed E-state index contributed by atoms with van der Waals surface area (Å²) in [4.78, 5) is 5.91. The van der Waals surface area contributed by atoms with Crippen LogP contribution in [0.15, 0.2) is 66.9 Å².